The number of phenolic OH excluding ortho intramolecular Hbond substituents is 4. The fourth-order valence-corrected chi connectivity index (χ4v) is 4.95. The molecule has 2 aliphatic rings. The summed E-state index contributed by atoms with van der Waals surface area (Å²) >= 11 is 0. The quantitative estimate of drug-likeness (QED) is 0.118. The summed E-state index contributed by atoms with van der Waals surface area (Å²) in [5, 5.41) is 111. The van der Waals surface area contributed by atoms with E-state index in [0.29, 0.717) is 6.07 Å². The number of carboxylic acids is 1. The summed E-state index contributed by atoms with van der Waals surface area (Å²) in [6.45, 7) is -0.842. The Morgan fingerprint density at radius 3 is 2.11 bits per heavy atom. The minimum Gasteiger partial charge on any atom is -0.507 e. The molecular weight excluding hydrogens is 612 g/mol. The van der Waals surface area contributed by atoms with Crippen molar-refractivity contribution in [2.45, 2.75) is 61.4 Å². The van der Waals surface area contributed by atoms with Crippen molar-refractivity contribution in [3.63, 3.8) is 0 Å². The second-order valence-electron chi connectivity index (χ2n) is 10.3. The number of carboxylic acid groups (broad SMARTS) is 1. The molecule has 5 rings (SSSR count). The van der Waals surface area contributed by atoms with Crippen molar-refractivity contribution in [1.29, 1.82) is 0 Å². The van der Waals surface area contributed by atoms with E-state index in [1.807, 2.05) is 0 Å². The smallest absolute Gasteiger partial charge is 0.335 e. The Kier molecular flexibility index (Phi) is 8.77. The molecule has 0 spiro atoms. The number of aliphatic hydroxyl groups is 6. The molecule has 11 N–H and O–H groups in total. The van der Waals surface area contributed by atoms with Crippen LogP contribution >= 0.6 is 0 Å². The molecule has 18 nitrogen and oxygen atoms in total. The second-order valence-corrected chi connectivity index (χ2v) is 10.3. The molecular formula is C27H28O18. The third-order valence-corrected chi connectivity index (χ3v) is 7.34. The molecule has 0 saturated carbocycles. The predicted molar refractivity (Wildman–Crippen MR) is 142 cm³/mol. The van der Waals surface area contributed by atoms with Crippen LogP contribution in [0.3, 0.4) is 0 Å². The van der Waals surface area contributed by atoms with Crippen LogP contribution in [0, 0.1) is 0 Å². The van der Waals surface area contributed by atoms with Crippen molar-refractivity contribution in [3.05, 3.63) is 40.6 Å². The molecule has 2 aliphatic heterocycles. The number of aliphatic hydroxyl groups excluding tert-OH is 6. The van der Waals surface area contributed by atoms with Crippen LogP contribution < -0.4 is 10.2 Å². The first-order chi connectivity index (χ1) is 21.2. The molecule has 2 aromatic carbocycles. The van der Waals surface area contributed by atoms with E-state index in [9.17, 15) is 65.8 Å². The highest BCUT2D eigenvalue weighted by atomic mass is 16.7. The largest absolute Gasteiger partial charge is 0.507 e. The van der Waals surface area contributed by atoms with E-state index >= 15 is 0 Å². The summed E-state index contributed by atoms with van der Waals surface area (Å²) in [5.41, 5.74) is -1.44. The first-order valence-electron chi connectivity index (χ1n) is 13.2. The fraction of sp³-hybridized carbons (Fsp3) is 0.407. The summed E-state index contributed by atoms with van der Waals surface area (Å²) in [6.07, 6.45) is -19.8. The molecule has 3 heterocycles. The van der Waals surface area contributed by atoms with Crippen LogP contribution in [0.4, 0.5) is 0 Å². The summed E-state index contributed by atoms with van der Waals surface area (Å²) in [4.78, 5) is 25.1. The molecule has 0 aliphatic carbocycles. The number of ether oxygens (including phenoxy) is 4. The number of aliphatic carboxylic acids is 1. The number of hydrogen-bond donors (Lipinski definition) is 11. The zero-order valence-electron chi connectivity index (χ0n) is 22.6. The van der Waals surface area contributed by atoms with Gasteiger partial charge in [-0.05, 0) is 18.2 Å². The Labute approximate surface area is 250 Å². The van der Waals surface area contributed by atoms with E-state index in [4.69, 9.17) is 23.4 Å². The Morgan fingerprint density at radius 2 is 1.47 bits per heavy atom. The molecule has 0 radical (unpaired) electrons. The number of phenols is 4. The van der Waals surface area contributed by atoms with Gasteiger partial charge in [-0.25, -0.2) is 4.79 Å². The van der Waals surface area contributed by atoms with Gasteiger partial charge in [-0.15, -0.1) is 0 Å². The minimum atomic E-state index is -2.19. The Bertz CT molecular complexity index is 1640. The van der Waals surface area contributed by atoms with Gasteiger partial charge in [0.15, 0.2) is 40.7 Å². The molecule has 1 aromatic heterocycles. The maximum Gasteiger partial charge on any atom is 0.335 e. The highest BCUT2D eigenvalue weighted by Crippen LogP contribution is 2.43. The normalized spacial score (nSPS) is 32.0. The van der Waals surface area contributed by atoms with E-state index in [0.717, 1.165) is 18.2 Å². The second kappa shape index (κ2) is 12.3. The highest BCUT2D eigenvalue weighted by molar-refractivity contribution is 5.91. The molecule has 10 atom stereocenters. The predicted octanol–water partition coefficient (Wildman–Crippen LogP) is -2.62. The van der Waals surface area contributed by atoms with Crippen molar-refractivity contribution in [3.8, 4) is 40.1 Å². The van der Waals surface area contributed by atoms with Crippen LogP contribution in [0.2, 0.25) is 0 Å². The number of aromatic hydroxyl groups is 4. The minimum absolute atomic E-state index is 0.0570. The van der Waals surface area contributed by atoms with Crippen LogP contribution in [-0.4, -0.2) is 130 Å². The summed E-state index contributed by atoms with van der Waals surface area (Å²) < 4.78 is 27.0. The third kappa shape index (κ3) is 5.81. The van der Waals surface area contributed by atoms with E-state index < -0.39 is 119 Å². The Balaban J connectivity index is 1.48. The molecule has 2 fully saturated rings. The number of hydrogen-bond acceptors (Lipinski definition) is 17. The molecule has 0 unspecified atom stereocenters. The number of rotatable bonds is 7. The van der Waals surface area contributed by atoms with Crippen molar-refractivity contribution < 1.29 is 84.3 Å². The molecule has 0 bridgehead atoms. The summed E-state index contributed by atoms with van der Waals surface area (Å²) in [7, 11) is 0. The van der Waals surface area contributed by atoms with E-state index in [1.54, 1.807) is 0 Å². The van der Waals surface area contributed by atoms with Gasteiger partial charge in [0.1, 0.15) is 59.6 Å². The van der Waals surface area contributed by atoms with Gasteiger partial charge in [-0.3, -0.25) is 4.79 Å². The highest BCUT2D eigenvalue weighted by Gasteiger charge is 2.53. The lowest BCUT2D eigenvalue weighted by Crippen LogP contribution is -2.65. The Hall–Kier alpha value is -4.24. The number of fused-ring (bicyclic) bond motifs is 1. The SMILES string of the molecule is O=C(O)[C@H]1O[C@@H](Oc2c(O)cc(O)c3c(=O)cc(-c4ccc(O)c(O)c4)oc23)[C@H](O)[C@@H](O)[C@@H]1O[C@@H]1O[C@H](CO)[C@@H](O)[C@H](O)[C@H]1O. The van der Waals surface area contributed by atoms with E-state index in [2.05, 4.69) is 0 Å². The average molecular weight is 641 g/mol. The maximum absolute atomic E-state index is 12.9. The molecule has 3 aromatic rings. The lowest BCUT2D eigenvalue weighted by atomic mass is 9.96. The van der Waals surface area contributed by atoms with Crippen LogP contribution in [0.1, 0.15) is 0 Å². The van der Waals surface area contributed by atoms with Crippen molar-refractivity contribution in [2.24, 2.45) is 0 Å². The fourth-order valence-electron chi connectivity index (χ4n) is 4.95. The molecule has 18 heteroatoms. The molecule has 244 valence electrons. The van der Waals surface area contributed by atoms with Crippen LogP contribution in [0.25, 0.3) is 22.3 Å². The van der Waals surface area contributed by atoms with Gasteiger partial charge in [0.25, 0.3) is 0 Å². The maximum atomic E-state index is 12.9. The monoisotopic (exact) mass is 640 g/mol. The lowest BCUT2D eigenvalue weighted by molar-refractivity contribution is -0.348. The van der Waals surface area contributed by atoms with Crippen LogP contribution in [0.5, 0.6) is 28.7 Å². The van der Waals surface area contributed by atoms with Crippen molar-refractivity contribution >= 4 is 16.9 Å². The number of benzene rings is 2. The van der Waals surface area contributed by atoms with Crippen LogP contribution in [-0.2, 0) is 19.0 Å². The Morgan fingerprint density at radius 1 is 0.778 bits per heavy atom. The topological polar surface area (TPSA) is 307 Å². The van der Waals surface area contributed by atoms with Gasteiger partial charge in [0, 0.05) is 17.7 Å². The molecule has 45 heavy (non-hydrogen) atoms. The zero-order valence-corrected chi connectivity index (χ0v) is 22.6. The average Bonchev–Trinajstić information content (AvgIpc) is 2.99. The van der Waals surface area contributed by atoms with Crippen molar-refractivity contribution in [1.82, 2.24) is 0 Å². The van der Waals surface area contributed by atoms with Gasteiger partial charge < -0.3 is 79.5 Å². The van der Waals surface area contributed by atoms with Gasteiger partial charge in [-0.2, -0.15) is 0 Å². The first kappa shape index (κ1) is 32.2. The molecule has 2 saturated heterocycles. The number of carbonyl (C=O) groups is 1. The van der Waals surface area contributed by atoms with Gasteiger partial charge in [-0.1, -0.05) is 0 Å². The van der Waals surface area contributed by atoms with Gasteiger partial charge in [0.2, 0.25) is 12.0 Å². The summed E-state index contributed by atoms with van der Waals surface area (Å²) in [6, 6.07) is 5.01. The molecule has 0 amide bonds. The van der Waals surface area contributed by atoms with Gasteiger partial charge in [0.05, 0.1) is 6.61 Å². The summed E-state index contributed by atoms with van der Waals surface area (Å²) in [5.74, 6) is -5.48. The standard InChI is InChI=1S/C27H28O18/c28-6-14-16(34)17(35)19(37)26(42-14)44-23-18(36)20(38)27(45-24(23)25(39)40)43-21-12(33)4-10(31)15-11(32)5-13(41-22(15)21)7-1-2-8(29)9(30)3-7/h1-5,14,16-20,23-24,26-31,33-38H,6H2,(H,39,40)/t14-,16-,17+,18-,19-,20-,23+,24+,26+,27-/m1/s1. The van der Waals surface area contributed by atoms with Crippen LogP contribution in [0.15, 0.2) is 39.5 Å². The lowest BCUT2D eigenvalue weighted by Gasteiger charge is -2.45. The first-order valence-corrected chi connectivity index (χ1v) is 13.2. The third-order valence-electron chi connectivity index (χ3n) is 7.34. The van der Waals surface area contributed by atoms with E-state index in [1.165, 1.54) is 6.07 Å². The zero-order chi connectivity index (χ0) is 32.9. The van der Waals surface area contributed by atoms with E-state index in [-0.39, 0.29) is 11.3 Å². The van der Waals surface area contributed by atoms with Crippen molar-refractivity contribution in [2.75, 3.05) is 6.61 Å². The van der Waals surface area contributed by atoms with Gasteiger partial charge >= 0.3 is 5.97 Å².